The van der Waals surface area contributed by atoms with E-state index in [0.29, 0.717) is 11.4 Å². The van der Waals surface area contributed by atoms with Crippen molar-refractivity contribution < 1.29 is 17.9 Å². The second-order valence-corrected chi connectivity index (χ2v) is 11.2. The Hall–Kier alpha value is -3.19. The van der Waals surface area contributed by atoms with Gasteiger partial charge in [0.05, 0.1) is 16.2 Å². The van der Waals surface area contributed by atoms with Gasteiger partial charge in [0.2, 0.25) is 5.88 Å². The molecular formula is C26H28N2O4S. The first-order valence-electron chi connectivity index (χ1n) is 10.9. The maximum absolute atomic E-state index is 13.2. The molecule has 0 atom stereocenters. The molecule has 1 saturated carbocycles. The number of rotatable bonds is 7. The zero-order valence-corrected chi connectivity index (χ0v) is 20.1. The Bertz CT molecular complexity index is 1340. The van der Waals surface area contributed by atoms with Crippen LogP contribution in [0.1, 0.15) is 52.5 Å². The first-order chi connectivity index (χ1) is 15.5. The van der Waals surface area contributed by atoms with E-state index < -0.39 is 21.4 Å². The number of aromatic nitrogens is 1. The number of anilines is 1. The van der Waals surface area contributed by atoms with Crippen molar-refractivity contribution in [2.75, 3.05) is 11.5 Å². The first-order valence-corrected chi connectivity index (χ1v) is 12.5. The molecule has 3 aromatic rings. The van der Waals surface area contributed by atoms with Crippen LogP contribution in [0.3, 0.4) is 0 Å². The van der Waals surface area contributed by atoms with Gasteiger partial charge in [0.15, 0.2) is 15.6 Å². The van der Waals surface area contributed by atoms with Gasteiger partial charge in [-0.3, -0.25) is 4.79 Å². The van der Waals surface area contributed by atoms with E-state index in [0.717, 1.165) is 35.2 Å². The molecule has 6 nitrogen and oxygen atoms in total. The molecular weight excluding hydrogens is 436 g/mol. The van der Waals surface area contributed by atoms with E-state index in [1.54, 1.807) is 24.3 Å². The van der Waals surface area contributed by atoms with Gasteiger partial charge < -0.3 is 10.5 Å². The summed E-state index contributed by atoms with van der Waals surface area (Å²) >= 11 is 0. The fourth-order valence-corrected chi connectivity index (χ4v) is 5.25. The number of Topliss-reactive ketones (excluding diaryl/α,β-unsaturated/α-hetero) is 1. The highest BCUT2D eigenvalue weighted by atomic mass is 32.2. The van der Waals surface area contributed by atoms with Crippen molar-refractivity contribution in [1.29, 1.82) is 0 Å². The van der Waals surface area contributed by atoms with Crippen LogP contribution in [0.15, 0.2) is 53.4 Å². The predicted molar refractivity (Wildman–Crippen MR) is 129 cm³/mol. The summed E-state index contributed by atoms with van der Waals surface area (Å²) < 4.78 is 32.0. The van der Waals surface area contributed by atoms with E-state index in [1.165, 1.54) is 12.1 Å². The molecule has 0 aliphatic heterocycles. The van der Waals surface area contributed by atoms with Crippen LogP contribution >= 0.6 is 0 Å². The van der Waals surface area contributed by atoms with Gasteiger partial charge in [0.1, 0.15) is 11.5 Å². The minimum Gasteiger partial charge on any atom is -0.438 e. The van der Waals surface area contributed by atoms with Crippen LogP contribution in [-0.2, 0) is 15.3 Å². The average Bonchev–Trinajstić information content (AvgIpc) is 3.49. The van der Waals surface area contributed by atoms with Gasteiger partial charge >= 0.3 is 0 Å². The van der Waals surface area contributed by atoms with Gasteiger partial charge in [-0.2, -0.15) is 0 Å². The zero-order chi connectivity index (χ0) is 24.0. The maximum Gasteiger partial charge on any atom is 0.230 e. The average molecular weight is 465 g/mol. The summed E-state index contributed by atoms with van der Waals surface area (Å²) in [5.74, 6) is -0.506. The lowest BCUT2D eigenvalue weighted by Crippen LogP contribution is -2.18. The van der Waals surface area contributed by atoms with Gasteiger partial charge in [-0.15, -0.1) is 0 Å². The molecule has 1 fully saturated rings. The summed E-state index contributed by atoms with van der Waals surface area (Å²) in [6, 6.07) is 13.4. The summed E-state index contributed by atoms with van der Waals surface area (Å²) in [6.45, 7) is 8.00. The molecule has 0 amide bonds. The SMILES string of the molecule is Cc1cc(C)c(Oc2nc(C3(C)CC3)ccc2C(=O)CS(=O)(=O)c2cccc(N)c2)c(C)c1. The van der Waals surface area contributed by atoms with Gasteiger partial charge in [-0.25, -0.2) is 13.4 Å². The number of hydrogen-bond donors (Lipinski definition) is 1. The zero-order valence-electron chi connectivity index (χ0n) is 19.3. The van der Waals surface area contributed by atoms with Crippen LogP contribution in [0.5, 0.6) is 11.6 Å². The second kappa shape index (κ2) is 8.30. The number of pyridine rings is 1. The Morgan fingerprint density at radius 2 is 1.73 bits per heavy atom. The number of benzene rings is 2. The number of nitrogens with two attached hydrogens (primary N) is 1. The lowest BCUT2D eigenvalue weighted by Gasteiger charge is -2.17. The minimum atomic E-state index is -3.88. The van der Waals surface area contributed by atoms with E-state index in [2.05, 4.69) is 11.9 Å². The highest BCUT2D eigenvalue weighted by molar-refractivity contribution is 7.92. The van der Waals surface area contributed by atoms with Crippen LogP contribution < -0.4 is 10.5 Å². The van der Waals surface area contributed by atoms with Crippen LogP contribution in [0.25, 0.3) is 0 Å². The molecule has 0 bridgehead atoms. The number of carbonyl (C=O) groups excluding carboxylic acids is 1. The van der Waals surface area contributed by atoms with Crippen LogP contribution in [0.2, 0.25) is 0 Å². The summed E-state index contributed by atoms with van der Waals surface area (Å²) in [5.41, 5.74) is 9.95. The number of ether oxygens (including phenoxy) is 1. The van der Waals surface area contributed by atoms with Crippen molar-refractivity contribution in [3.8, 4) is 11.6 Å². The fourth-order valence-electron chi connectivity index (χ4n) is 3.98. The van der Waals surface area contributed by atoms with E-state index in [9.17, 15) is 13.2 Å². The van der Waals surface area contributed by atoms with E-state index in [4.69, 9.17) is 10.5 Å². The third kappa shape index (κ3) is 4.78. The molecule has 172 valence electrons. The van der Waals surface area contributed by atoms with Crippen molar-refractivity contribution in [1.82, 2.24) is 4.98 Å². The Morgan fingerprint density at radius 3 is 2.33 bits per heavy atom. The van der Waals surface area contributed by atoms with Crippen molar-refractivity contribution in [3.63, 3.8) is 0 Å². The van der Waals surface area contributed by atoms with E-state index in [1.807, 2.05) is 32.9 Å². The summed E-state index contributed by atoms with van der Waals surface area (Å²) in [5, 5.41) is 0. The standard InChI is InChI=1S/C26H28N2O4S/c1-16-12-17(2)24(18(3)13-16)32-25-21(8-9-23(28-25)26(4)10-11-26)22(29)15-33(30,31)20-7-5-6-19(27)14-20/h5-9,12-14H,10-11,15,27H2,1-4H3. The van der Waals surface area contributed by atoms with Crippen molar-refractivity contribution in [2.45, 2.75) is 50.8 Å². The normalized spacial score (nSPS) is 14.7. The molecule has 1 heterocycles. The van der Waals surface area contributed by atoms with Crippen LogP contribution in [0, 0.1) is 20.8 Å². The summed E-state index contributed by atoms with van der Waals surface area (Å²) in [4.78, 5) is 17.9. The van der Waals surface area contributed by atoms with E-state index in [-0.39, 0.29) is 21.8 Å². The minimum absolute atomic E-state index is 0.0126. The number of aryl methyl sites for hydroxylation is 3. The molecule has 1 aliphatic rings. The Labute approximate surface area is 194 Å². The van der Waals surface area contributed by atoms with E-state index >= 15 is 0 Å². The van der Waals surface area contributed by atoms with Gasteiger partial charge in [0, 0.05) is 11.1 Å². The van der Waals surface area contributed by atoms with Crippen LogP contribution in [0.4, 0.5) is 5.69 Å². The third-order valence-electron chi connectivity index (χ3n) is 6.12. The number of carbonyl (C=O) groups is 1. The van der Waals surface area contributed by atoms with Gasteiger partial charge in [-0.1, -0.05) is 30.7 Å². The Kier molecular flexibility index (Phi) is 5.78. The molecule has 0 spiro atoms. The molecule has 0 unspecified atom stereocenters. The third-order valence-corrected chi connectivity index (χ3v) is 7.74. The van der Waals surface area contributed by atoms with Crippen LogP contribution in [-0.4, -0.2) is 24.9 Å². The number of ketones is 1. The maximum atomic E-state index is 13.2. The molecule has 1 aliphatic carbocycles. The molecule has 7 heteroatoms. The summed E-state index contributed by atoms with van der Waals surface area (Å²) in [7, 11) is -3.88. The smallest absolute Gasteiger partial charge is 0.230 e. The molecule has 4 rings (SSSR count). The molecule has 0 radical (unpaired) electrons. The molecule has 2 N–H and O–H groups in total. The molecule has 0 saturated heterocycles. The highest BCUT2D eigenvalue weighted by Gasteiger charge is 2.41. The van der Waals surface area contributed by atoms with Gasteiger partial charge in [0.25, 0.3) is 0 Å². The van der Waals surface area contributed by atoms with Crippen molar-refractivity contribution in [3.05, 3.63) is 76.5 Å². The lowest BCUT2D eigenvalue weighted by molar-refractivity contribution is 0.101. The molecule has 2 aromatic carbocycles. The summed E-state index contributed by atoms with van der Waals surface area (Å²) in [6.07, 6.45) is 2.03. The quantitative estimate of drug-likeness (QED) is 0.386. The number of nitrogens with zero attached hydrogens (tertiary/aromatic N) is 1. The topological polar surface area (TPSA) is 99.3 Å². The monoisotopic (exact) mass is 464 g/mol. The van der Waals surface area contributed by atoms with Crippen molar-refractivity contribution >= 4 is 21.3 Å². The fraction of sp³-hybridized carbons (Fsp3) is 0.308. The Balaban J connectivity index is 1.73. The largest absolute Gasteiger partial charge is 0.438 e. The number of hydrogen-bond acceptors (Lipinski definition) is 6. The van der Waals surface area contributed by atoms with Gasteiger partial charge in [-0.05, 0) is 75.1 Å². The predicted octanol–water partition coefficient (Wildman–Crippen LogP) is 5.09. The second-order valence-electron chi connectivity index (χ2n) is 9.19. The molecule has 33 heavy (non-hydrogen) atoms. The lowest BCUT2D eigenvalue weighted by atomic mass is 10.0. The van der Waals surface area contributed by atoms with Crippen molar-refractivity contribution in [2.24, 2.45) is 0 Å². The Morgan fingerprint density at radius 1 is 1.06 bits per heavy atom. The molecule has 1 aromatic heterocycles. The number of nitrogen functional groups attached to an aromatic ring is 1. The number of sulfone groups is 1. The first kappa shape index (κ1) is 23.0. The highest BCUT2D eigenvalue weighted by Crippen LogP contribution is 2.47.